The Bertz CT molecular complexity index is 1390. The van der Waals surface area contributed by atoms with Crippen LogP contribution in [0.15, 0.2) is 24.2 Å². The topological polar surface area (TPSA) is 182 Å². The Morgan fingerprint density at radius 1 is 1.14 bits per heavy atom. The number of Topliss-reactive ketones (excluding diaryl/α,β-unsaturated/α-hetero) is 2. The summed E-state index contributed by atoms with van der Waals surface area (Å²) in [6, 6.07) is -0.983. The molecule has 4 aliphatic carbocycles. The summed E-state index contributed by atoms with van der Waals surface area (Å²) in [6.45, 7) is 3.23. The van der Waals surface area contributed by atoms with E-state index in [2.05, 4.69) is 22.2 Å². The minimum atomic E-state index is -1.82. The van der Waals surface area contributed by atoms with Crippen molar-refractivity contribution in [3.05, 3.63) is 29.9 Å². The van der Waals surface area contributed by atoms with E-state index in [0.29, 0.717) is 25.0 Å². The molecule has 1 amide bonds. The van der Waals surface area contributed by atoms with Gasteiger partial charge in [-0.1, -0.05) is 19.4 Å². The highest BCUT2D eigenvalue weighted by Gasteiger charge is 2.68. The van der Waals surface area contributed by atoms with Crippen LogP contribution in [0.3, 0.4) is 0 Å². The van der Waals surface area contributed by atoms with E-state index in [1.807, 2.05) is 6.92 Å². The summed E-state index contributed by atoms with van der Waals surface area (Å²) in [5.41, 5.74) is -1.53. The number of imidazole rings is 1. The molecule has 0 aliphatic heterocycles. The van der Waals surface area contributed by atoms with Crippen LogP contribution in [0.1, 0.15) is 77.3 Å². The van der Waals surface area contributed by atoms with E-state index in [1.54, 1.807) is 6.08 Å². The summed E-state index contributed by atoms with van der Waals surface area (Å²) in [4.78, 5) is 83.1. The molecule has 1 aromatic heterocycles. The summed E-state index contributed by atoms with van der Waals surface area (Å²) < 4.78 is 9.94. The lowest BCUT2D eigenvalue weighted by atomic mass is 9.46. The molecule has 238 valence electrons. The number of methoxy groups -OCH3 is 1. The van der Waals surface area contributed by atoms with Gasteiger partial charge in [0, 0.05) is 48.9 Å². The SMILES string of the molecule is COC(=O)[C@@H](Cc1cnc[nH]1)NC(=O)CCC(=O)OCC(=O)[C@@]1(O)CC[C@H]2[C@@H]3CCC4=CC(=O)CC[C@]4(C)[C@H]3C(=O)C[C@@]21C. The molecule has 0 saturated heterocycles. The Balaban J connectivity index is 1.17. The molecule has 3 N–H and O–H groups in total. The number of ether oxygens (including phenoxy) is 2. The number of esters is 2. The molecule has 0 radical (unpaired) electrons. The second kappa shape index (κ2) is 12.0. The lowest BCUT2D eigenvalue weighted by Crippen LogP contribution is -2.61. The fraction of sp³-hybridized carbons (Fsp3) is 0.656. The minimum absolute atomic E-state index is 0.00146. The number of nitrogens with zero attached hydrogens (tertiary/aromatic N) is 1. The minimum Gasteiger partial charge on any atom is -0.467 e. The van der Waals surface area contributed by atoms with Crippen LogP contribution in [0.25, 0.3) is 0 Å². The number of fused-ring (bicyclic) bond motifs is 5. The van der Waals surface area contributed by atoms with Gasteiger partial charge in [0.05, 0.1) is 19.9 Å². The normalized spacial score (nSPS) is 33.3. The average molecular weight is 612 g/mol. The number of carbonyl (C=O) groups is 6. The van der Waals surface area contributed by atoms with Crippen molar-refractivity contribution < 1.29 is 43.3 Å². The zero-order valence-corrected chi connectivity index (χ0v) is 25.5. The summed E-state index contributed by atoms with van der Waals surface area (Å²) in [5.74, 6) is -2.85. The van der Waals surface area contributed by atoms with Gasteiger partial charge in [-0.2, -0.15) is 0 Å². The molecular weight excluding hydrogens is 570 g/mol. The molecule has 0 spiro atoms. The number of amides is 1. The molecule has 44 heavy (non-hydrogen) atoms. The Morgan fingerprint density at radius 3 is 2.61 bits per heavy atom. The quantitative estimate of drug-likeness (QED) is 0.331. The van der Waals surface area contributed by atoms with Crippen molar-refractivity contribution in [1.29, 1.82) is 0 Å². The first-order valence-corrected chi connectivity index (χ1v) is 15.3. The number of aromatic amines is 1. The van der Waals surface area contributed by atoms with Gasteiger partial charge in [-0.15, -0.1) is 0 Å². The number of hydrogen-bond acceptors (Lipinski definition) is 10. The molecular formula is C32H41N3O9. The number of allylic oxidation sites excluding steroid dienone is 1. The third kappa shape index (κ3) is 5.52. The second-order valence-electron chi connectivity index (χ2n) is 13.3. The fourth-order valence-electron chi connectivity index (χ4n) is 8.62. The van der Waals surface area contributed by atoms with Crippen LogP contribution in [0.4, 0.5) is 0 Å². The lowest BCUT2D eigenvalue weighted by molar-refractivity contribution is -0.173. The lowest BCUT2D eigenvalue weighted by Gasteiger charge is -2.57. The van der Waals surface area contributed by atoms with Crippen LogP contribution in [-0.2, 0) is 44.7 Å². The maximum Gasteiger partial charge on any atom is 0.328 e. The van der Waals surface area contributed by atoms with Gasteiger partial charge in [0.2, 0.25) is 11.7 Å². The molecule has 5 rings (SSSR count). The van der Waals surface area contributed by atoms with Crippen molar-refractivity contribution in [2.75, 3.05) is 13.7 Å². The van der Waals surface area contributed by atoms with E-state index in [4.69, 9.17) is 9.47 Å². The van der Waals surface area contributed by atoms with Crippen LogP contribution in [-0.4, -0.2) is 75.6 Å². The van der Waals surface area contributed by atoms with Crippen molar-refractivity contribution in [3.8, 4) is 0 Å². The molecule has 0 aromatic carbocycles. The molecule has 0 bridgehead atoms. The molecule has 1 heterocycles. The largest absolute Gasteiger partial charge is 0.467 e. The number of nitrogens with one attached hydrogen (secondary N) is 2. The highest BCUT2D eigenvalue weighted by Crippen LogP contribution is 2.66. The van der Waals surface area contributed by atoms with E-state index in [-0.39, 0.29) is 66.8 Å². The van der Waals surface area contributed by atoms with Crippen LogP contribution in [0.5, 0.6) is 0 Å². The van der Waals surface area contributed by atoms with E-state index in [9.17, 15) is 33.9 Å². The number of ketones is 3. The summed E-state index contributed by atoms with van der Waals surface area (Å²) in [5, 5.41) is 14.3. The Labute approximate surface area is 255 Å². The van der Waals surface area contributed by atoms with Gasteiger partial charge in [-0.05, 0) is 55.4 Å². The highest BCUT2D eigenvalue weighted by atomic mass is 16.5. The molecule has 3 fully saturated rings. The molecule has 3 saturated carbocycles. The fourth-order valence-corrected chi connectivity index (χ4v) is 8.62. The predicted molar refractivity (Wildman–Crippen MR) is 153 cm³/mol. The number of aliphatic hydroxyl groups is 1. The zero-order valence-electron chi connectivity index (χ0n) is 25.5. The van der Waals surface area contributed by atoms with Crippen molar-refractivity contribution in [1.82, 2.24) is 15.3 Å². The number of H-pyrrole nitrogens is 1. The van der Waals surface area contributed by atoms with E-state index >= 15 is 0 Å². The van der Waals surface area contributed by atoms with Crippen LogP contribution in [0.2, 0.25) is 0 Å². The van der Waals surface area contributed by atoms with Crippen LogP contribution in [0, 0.1) is 28.6 Å². The molecule has 1 aromatic rings. The first-order chi connectivity index (χ1) is 20.8. The van der Waals surface area contributed by atoms with Crippen molar-refractivity contribution in [2.45, 2.75) is 89.7 Å². The summed E-state index contributed by atoms with van der Waals surface area (Å²) >= 11 is 0. The number of hydrogen-bond donors (Lipinski definition) is 3. The van der Waals surface area contributed by atoms with Gasteiger partial charge >= 0.3 is 11.9 Å². The maximum atomic E-state index is 13.8. The van der Waals surface area contributed by atoms with Gasteiger partial charge in [0.1, 0.15) is 17.4 Å². The first kappa shape index (κ1) is 31.7. The standard InChI is InChI=1S/C32H41N3O9/c1-30-10-8-20(36)12-18(30)4-5-21-22-9-11-32(42,31(22,2)14-24(37)28(21)30)25(38)16-44-27(40)7-6-26(39)35-23(29(41)43-3)13-19-15-33-17-34-19/h12,15,17,21-23,28,42H,4-11,13-14,16H2,1-3H3,(H,33,34)(H,35,39)/t21-,22-,23+,28+,30-,31-,32-/m0/s1. The number of carbonyl (C=O) groups excluding carboxylic acids is 6. The van der Waals surface area contributed by atoms with E-state index in [1.165, 1.54) is 19.6 Å². The third-order valence-corrected chi connectivity index (χ3v) is 11.0. The average Bonchev–Trinajstić information content (AvgIpc) is 3.60. The van der Waals surface area contributed by atoms with Crippen molar-refractivity contribution in [2.24, 2.45) is 28.6 Å². The van der Waals surface area contributed by atoms with Crippen molar-refractivity contribution in [3.63, 3.8) is 0 Å². The Hall–Kier alpha value is -3.67. The van der Waals surface area contributed by atoms with E-state index in [0.717, 1.165) is 18.4 Å². The van der Waals surface area contributed by atoms with Gasteiger partial charge in [0.25, 0.3) is 0 Å². The Morgan fingerprint density at radius 2 is 1.91 bits per heavy atom. The third-order valence-electron chi connectivity index (χ3n) is 11.0. The monoisotopic (exact) mass is 611 g/mol. The maximum absolute atomic E-state index is 13.8. The van der Waals surface area contributed by atoms with Gasteiger partial charge in [-0.3, -0.25) is 24.0 Å². The van der Waals surface area contributed by atoms with Crippen LogP contribution >= 0.6 is 0 Å². The zero-order chi connectivity index (χ0) is 31.9. The molecule has 12 heteroatoms. The Kier molecular flexibility index (Phi) is 8.67. The number of rotatable bonds is 10. The molecule has 4 aliphatic rings. The molecule has 0 unspecified atom stereocenters. The smallest absolute Gasteiger partial charge is 0.328 e. The predicted octanol–water partition coefficient (Wildman–Crippen LogP) is 1.94. The second-order valence-corrected chi connectivity index (χ2v) is 13.3. The summed E-state index contributed by atoms with van der Waals surface area (Å²) in [6.07, 6.45) is 7.50. The van der Waals surface area contributed by atoms with Crippen LogP contribution < -0.4 is 5.32 Å². The van der Waals surface area contributed by atoms with Gasteiger partial charge in [-0.25, -0.2) is 9.78 Å². The molecule has 12 nitrogen and oxygen atoms in total. The molecule has 7 atom stereocenters. The summed E-state index contributed by atoms with van der Waals surface area (Å²) in [7, 11) is 1.20. The number of aromatic nitrogens is 2. The van der Waals surface area contributed by atoms with Crippen molar-refractivity contribution >= 4 is 35.2 Å². The van der Waals surface area contributed by atoms with Gasteiger partial charge in [0.15, 0.2) is 12.4 Å². The van der Waals surface area contributed by atoms with E-state index < -0.39 is 47.3 Å². The first-order valence-electron chi connectivity index (χ1n) is 15.3. The highest BCUT2D eigenvalue weighted by molar-refractivity contribution is 5.95. The van der Waals surface area contributed by atoms with Gasteiger partial charge < -0.3 is 24.9 Å².